The Kier molecular flexibility index (Phi) is 4.47. The zero-order valence-electron chi connectivity index (χ0n) is 12.0. The average molecular weight is 337 g/mol. The first-order valence-electron chi connectivity index (χ1n) is 7.24. The molecular formula is C16H17ClN2O2S. The minimum absolute atomic E-state index is 0.204. The van der Waals surface area contributed by atoms with Crippen molar-refractivity contribution >= 4 is 21.6 Å². The molecule has 0 saturated carbocycles. The lowest BCUT2D eigenvalue weighted by atomic mass is 9.90. The first-order chi connectivity index (χ1) is 10.6. The summed E-state index contributed by atoms with van der Waals surface area (Å²) in [5, 5.41) is 0.293. The highest BCUT2D eigenvalue weighted by Crippen LogP contribution is 2.30. The summed E-state index contributed by atoms with van der Waals surface area (Å²) in [6.45, 7) is 1.06. The van der Waals surface area contributed by atoms with Gasteiger partial charge in [0.2, 0.25) is 10.0 Å². The van der Waals surface area contributed by atoms with E-state index in [0.717, 1.165) is 12.8 Å². The number of piperidine rings is 1. The Hall–Kier alpha value is -1.43. The summed E-state index contributed by atoms with van der Waals surface area (Å²) in [6.07, 6.45) is 3.00. The zero-order chi connectivity index (χ0) is 15.6. The maximum absolute atomic E-state index is 12.6. The predicted molar refractivity (Wildman–Crippen MR) is 86.4 cm³/mol. The third-order valence-electron chi connectivity index (χ3n) is 4.06. The number of pyridine rings is 1. The second-order valence-electron chi connectivity index (χ2n) is 5.41. The van der Waals surface area contributed by atoms with Gasteiger partial charge in [-0.2, -0.15) is 4.31 Å². The Morgan fingerprint density at radius 1 is 1.05 bits per heavy atom. The summed E-state index contributed by atoms with van der Waals surface area (Å²) < 4.78 is 26.7. The van der Waals surface area contributed by atoms with E-state index in [-0.39, 0.29) is 4.90 Å². The van der Waals surface area contributed by atoms with Crippen molar-refractivity contribution in [2.45, 2.75) is 23.7 Å². The molecule has 1 aromatic carbocycles. The summed E-state index contributed by atoms with van der Waals surface area (Å²) in [5.41, 5.74) is 1.28. The second kappa shape index (κ2) is 6.36. The third kappa shape index (κ3) is 3.16. The van der Waals surface area contributed by atoms with Gasteiger partial charge in [0.25, 0.3) is 0 Å². The topological polar surface area (TPSA) is 50.3 Å². The Labute approximate surface area is 135 Å². The van der Waals surface area contributed by atoms with Crippen LogP contribution < -0.4 is 0 Å². The standard InChI is InChI=1S/C16H17ClN2O2S/c17-16-7-6-15(12-18-16)22(20,21)19-10-8-14(9-11-19)13-4-2-1-3-5-13/h1-7,12,14H,8-11H2. The van der Waals surface area contributed by atoms with Crippen LogP contribution in [-0.2, 0) is 10.0 Å². The molecule has 1 aliphatic heterocycles. The highest BCUT2D eigenvalue weighted by molar-refractivity contribution is 7.89. The number of benzene rings is 1. The lowest BCUT2D eigenvalue weighted by Crippen LogP contribution is -2.37. The van der Waals surface area contributed by atoms with Crippen molar-refractivity contribution in [1.29, 1.82) is 0 Å². The van der Waals surface area contributed by atoms with Crippen LogP contribution >= 0.6 is 11.6 Å². The zero-order valence-corrected chi connectivity index (χ0v) is 13.6. The molecular weight excluding hydrogens is 320 g/mol. The monoisotopic (exact) mass is 336 g/mol. The average Bonchev–Trinajstić information content (AvgIpc) is 2.56. The number of rotatable bonds is 3. The number of sulfonamides is 1. The van der Waals surface area contributed by atoms with Crippen molar-refractivity contribution in [3.8, 4) is 0 Å². The van der Waals surface area contributed by atoms with E-state index < -0.39 is 10.0 Å². The van der Waals surface area contributed by atoms with Gasteiger partial charge in [0.05, 0.1) is 0 Å². The van der Waals surface area contributed by atoms with E-state index >= 15 is 0 Å². The largest absolute Gasteiger partial charge is 0.244 e. The molecule has 116 valence electrons. The Balaban J connectivity index is 1.72. The van der Waals surface area contributed by atoms with E-state index in [0.29, 0.717) is 24.2 Å². The van der Waals surface area contributed by atoms with Crippen LogP contribution in [0, 0.1) is 0 Å². The van der Waals surface area contributed by atoms with E-state index in [1.807, 2.05) is 18.2 Å². The fourth-order valence-electron chi connectivity index (χ4n) is 2.82. The fraction of sp³-hybridized carbons (Fsp3) is 0.312. The summed E-state index contributed by atoms with van der Waals surface area (Å²) in [7, 11) is -3.47. The van der Waals surface area contributed by atoms with Crippen molar-refractivity contribution in [2.24, 2.45) is 0 Å². The van der Waals surface area contributed by atoms with E-state index in [4.69, 9.17) is 11.6 Å². The molecule has 0 radical (unpaired) electrons. The number of nitrogens with zero attached hydrogens (tertiary/aromatic N) is 2. The van der Waals surface area contributed by atoms with Gasteiger partial charge in [0.15, 0.2) is 0 Å². The number of aromatic nitrogens is 1. The van der Waals surface area contributed by atoms with Crippen molar-refractivity contribution < 1.29 is 8.42 Å². The minimum Gasteiger partial charge on any atom is -0.243 e. The van der Waals surface area contributed by atoms with Crippen molar-refractivity contribution in [3.63, 3.8) is 0 Å². The molecule has 2 aromatic rings. The summed E-state index contributed by atoms with van der Waals surface area (Å²) in [5.74, 6) is 0.427. The molecule has 0 amide bonds. The van der Waals surface area contributed by atoms with Gasteiger partial charge in [-0.25, -0.2) is 13.4 Å². The van der Waals surface area contributed by atoms with E-state index in [1.165, 1.54) is 28.2 Å². The van der Waals surface area contributed by atoms with Gasteiger partial charge in [0.1, 0.15) is 10.0 Å². The van der Waals surface area contributed by atoms with Gasteiger partial charge in [-0.15, -0.1) is 0 Å². The third-order valence-corrected chi connectivity index (χ3v) is 6.17. The number of halogens is 1. The van der Waals surface area contributed by atoms with Gasteiger partial charge in [0, 0.05) is 19.3 Å². The van der Waals surface area contributed by atoms with Crippen LogP contribution in [-0.4, -0.2) is 30.8 Å². The molecule has 4 nitrogen and oxygen atoms in total. The van der Waals surface area contributed by atoms with Crippen molar-refractivity contribution in [3.05, 3.63) is 59.4 Å². The van der Waals surface area contributed by atoms with Crippen LogP contribution in [0.15, 0.2) is 53.6 Å². The molecule has 6 heteroatoms. The van der Waals surface area contributed by atoms with Gasteiger partial charge < -0.3 is 0 Å². The molecule has 0 aliphatic carbocycles. The molecule has 22 heavy (non-hydrogen) atoms. The smallest absolute Gasteiger partial charge is 0.243 e. The SMILES string of the molecule is O=S(=O)(c1ccc(Cl)nc1)N1CCC(c2ccccc2)CC1. The van der Waals surface area contributed by atoms with Crippen LogP contribution in [0.5, 0.6) is 0 Å². The molecule has 0 bridgehead atoms. The van der Waals surface area contributed by atoms with Crippen molar-refractivity contribution in [1.82, 2.24) is 9.29 Å². The normalized spacial score (nSPS) is 17.5. The first kappa shape index (κ1) is 15.5. The summed E-state index contributed by atoms with van der Waals surface area (Å²) >= 11 is 5.71. The van der Waals surface area contributed by atoms with Crippen LogP contribution in [0.3, 0.4) is 0 Å². The fourth-order valence-corrected chi connectivity index (χ4v) is 4.35. The molecule has 0 atom stereocenters. The van der Waals surface area contributed by atoms with E-state index in [1.54, 1.807) is 0 Å². The quantitative estimate of drug-likeness (QED) is 0.808. The highest BCUT2D eigenvalue weighted by atomic mass is 35.5. The lowest BCUT2D eigenvalue weighted by Gasteiger charge is -2.31. The van der Waals surface area contributed by atoms with Crippen LogP contribution in [0.4, 0.5) is 0 Å². The lowest BCUT2D eigenvalue weighted by molar-refractivity contribution is 0.319. The van der Waals surface area contributed by atoms with Crippen molar-refractivity contribution in [2.75, 3.05) is 13.1 Å². The van der Waals surface area contributed by atoms with E-state index in [2.05, 4.69) is 17.1 Å². The van der Waals surface area contributed by atoms with Gasteiger partial charge in [-0.1, -0.05) is 41.9 Å². The maximum Gasteiger partial charge on any atom is 0.244 e. The Bertz CT molecular complexity index is 725. The molecule has 0 spiro atoms. The minimum atomic E-state index is -3.47. The molecule has 3 rings (SSSR count). The van der Waals surface area contributed by atoms with Crippen LogP contribution in [0.1, 0.15) is 24.3 Å². The maximum atomic E-state index is 12.6. The molecule has 0 N–H and O–H groups in total. The first-order valence-corrected chi connectivity index (χ1v) is 9.06. The van der Waals surface area contributed by atoms with Crippen LogP contribution in [0.25, 0.3) is 0 Å². The van der Waals surface area contributed by atoms with Gasteiger partial charge in [-0.05, 0) is 36.5 Å². The number of hydrogen-bond acceptors (Lipinski definition) is 3. The number of hydrogen-bond donors (Lipinski definition) is 0. The molecule has 1 aromatic heterocycles. The highest BCUT2D eigenvalue weighted by Gasteiger charge is 2.30. The van der Waals surface area contributed by atoms with Crippen LogP contribution in [0.2, 0.25) is 5.15 Å². The molecule has 1 aliphatic rings. The predicted octanol–water partition coefficient (Wildman–Crippen LogP) is 3.30. The molecule has 1 saturated heterocycles. The summed E-state index contributed by atoms with van der Waals surface area (Å²) in [6, 6.07) is 13.3. The molecule has 2 heterocycles. The van der Waals surface area contributed by atoms with E-state index in [9.17, 15) is 8.42 Å². The Morgan fingerprint density at radius 3 is 2.32 bits per heavy atom. The Morgan fingerprint density at radius 2 is 1.73 bits per heavy atom. The molecule has 0 unspecified atom stereocenters. The molecule has 1 fully saturated rings. The second-order valence-corrected chi connectivity index (χ2v) is 7.73. The van der Waals surface area contributed by atoms with Gasteiger partial charge >= 0.3 is 0 Å². The van der Waals surface area contributed by atoms with Gasteiger partial charge in [-0.3, -0.25) is 0 Å². The summed E-state index contributed by atoms with van der Waals surface area (Å²) in [4.78, 5) is 4.07.